The second kappa shape index (κ2) is 10.2. The van der Waals surface area contributed by atoms with Crippen LogP contribution in [0.15, 0.2) is 148 Å². The van der Waals surface area contributed by atoms with Crippen molar-refractivity contribution in [2.75, 3.05) is 0 Å². The third kappa shape index (κ3) is 4.06. The Balaban J connectivity index is 1.15. The van der Waals surface area contributed by atoms with E-state index in [1.54, 1.807) is 0 Å². The van der Waals surface area contributed by atoms with E-state index in [0.29, 0.717) is 17.5 Å². The Bertz CT molecular complexity index is 3080. The van der Waals surface area contributed by atoms with Crippen LogP contribution in [0.2, 0.25) is 0 Å². The second-order valence-corrected chi connectivity index (χ2v) is 14.0. The Morgan fingerprint density at radius 1 is 0.412 bits per heavy atom. The first-order valence-electron chi connectivity index (χ1n) is 17.3. The first-order chi connectivity index (χ1) is 25.0. The minimum atomic E-state index is -0.0921. The molecule has 11 rings (SSSR count). The van der Waals surface area contributed by atoms with Gasteiger partial charge in [0.05, 0.1) is 0 Å². The normalized spacial score (nSPS) is 13.5. The lowest BCUT2D eigenvalue weighted by Crippen LogP contribution is -2.14. The highest BCUT2D eigenvalue weighted by atomic mass is 16.3. The number of hydrogen-bond donors (Lipinski definition) is 0. The molecule has 10 aromatic rings. The molecule has 7 aromatic carbocycles. The molecule has 0 amide bonds. The molecule has 0 spiro atoms. The Hall–Kier alpha value is -6.59. The molecule has 3 heterocycles. The summed E-state index contributed by atoms with van der Waals surface area (Å²) in [5.74, 6) is 1.78. The largest absolute Gasteiger partial charge is 0.456 e. The van der Waals surface area contributed by atoms with Gasteiger partial charge in [0.2, 0.25) is 0 Å². The maximum Gasteiger partial charge on any atom is 0.164 e. The number of fused-ring (bicyclic) bond motifs is 11. The molecule has 3 aromatic heterocycles. The van der Waals surface area contributed by atoms with Crippen LogP contribution in [0, 0.1) is 0 Å². The summed E-state index contributed by atoms with van der Waals surface area (Å²) in [5, 5.41) is 6.55. The lowest BCUT2D eigenvalue weighted by molar-refractivity contribution is 0.660. The van der Waals surface area contributed by atoms with Gasteiger partial charge in [0, 0.05) is 43.7 Å². The Morgan fingerprint density at radius 3 is 1.94 bits per heavy atom. The fraction of sp³-hybridized carbons (Fsp3) is 0.0652. The molecule has 0 bridgehead atoms. The maximum absolute atomic E-state index is 6.47. The fourth-order valence-electron chi connectivity index (χ4n) is 8.26. The summed E-state index contributed by atoms with van der Waals surface area (Å²) in [6.07, 6.45) is 0. The molecular formula is C46H29N3O2. The zero-order chi connectivity index (χ0) is 33.8. The quantitative estimate of drug-likeness (QED) is 0.189. The van der Waals surface area contributed by atoms with Crippen molar-refractivity contribution in [3.8, 4) is 45.3 Å². The summed E-state index contributed by atoms with van der Waals surface area (Å²) in [4.78, 5) is 15.5. The molecule has 5 nitrogen and oxygen atoms in total. The maximum atomic E-state index is 6.47. The van der Waals surface area contributed by atoms with Crippen molar-refractivity contribution in [2.45, 2.75) is 19.3 Å². The van der Waals surface area contributed by atoms with E-state index in [-0.39, 0.29) is 5.41 Å². The number of aromatic nitrogens is 3. The van der Waals surface area contributed by atoms with Gasteiger partial charge >= 0.3 is 0 Å². The third-order valence-electron chi connectivity index (χ3n) is 10.7. The van der Waals surface area contributed by atoms with Gasteiger partial charge in [0.25, 0.3) is 0 Å². The zero-order valence-electron chi connectivity index (χ0n) is 27.9. The lowest BCUT2D eigenvalue weighted by atomic mass is 9.82. The average Bonchev–Trinajstić information content (AvgIpc) is 3.82. The van der Waals surface area contributed by atoms with Gasteiger partial charge in [-0.1, -0.05) is 117 Å². The summed E-state index contributed by atoms with van der Waals surface area (Å²) in [6, 6.07) is 48.4. The highest BCUT2D eigenvalue weighted by Crippen LogP contribution is 2.49. The minimum absolute atomic E-state index is 0.0921. The molecule has 0 unspecified atom stereocenters. The molecule has 5 heteroatoms. The van der Waals surface area contributed by atoms with Gasteiger partial charge in [-0.3, -0.25) is 0 Å². The van der Waals surface area contributed by atoms with Crippen molar-refractivity contribution in [3.05, 3.63) is 151 Å². The predicted molar refractivity (Wildman–Crippen MR) is 206 cm³/mol. The van der Waals surface area contributed by atoms with Crippen LogP contribution in [0.25, 0.3) is 99.9 Å². The van der Waals surface area contributed by atoms with Crippen LogP contribution in [-0.2, 0) is 5.41 Å². The van der Waals surface area contributed by atoms with E-state index >= 15 is 0 Å². The lowest BCUT2D eigenvalue weighted by Gasteiger charge is -2.21. The molecule has 0 N–H and O–H groups in total. The number of para-hydroxylation sites is 1. The molecule has 1 aliphatic rings. The molecule has 0 radical (unpaired) electrons. The summed E-state index contributed by atoms with van der Waals surface area (Å²) in [5.41, 5.74) is 11.0. The molecule has 51 heavy (non-hydrogen) atoms. The van der Waals surface area contributed by atoms with Crippen molar-refractivity contribution in [1.82, 2.24) is 15.0 Å². The molecule has 0 aliphatic heterocycles. The van der Waals surface area contributed by atoms with Crippen molar-refractivity contribution < 1.29 is 8.83 Å². The number of nitrogens with zero attached hydrogens (tertiary/aromatic N) is 3. The SMILES string of the molecule is CC1(C)c2ccccc2-c2cc(-c3nc(-c4ccc5c(c4)oc4ccc6ccccc6c45)nc(-c4cccc5oc6ccccc6c45)n3)ccc21. The summed E-state index contributed by atoms with van der Waals surface area (Å²) in [7, 11) is 0. The Labute approximate surface area is 292 Å². The molecule has 0 saturated carbocycles. The van der Waals surface area contributed by atoms with Gasteiger partial charge in [0.15, 0.2) is 17.5 Å². The van der Waals surface area contributed by atoms with Crippen LogP contribution in [0.5, 0.6) is 0 Å². The van der Waals surface area contributed by atoms with E-state index in [4.69, 9.17) is 23.8 Å². The van der Waals surface area contributed by atoms with Gasteiger partial charge < -0.3 is 8.83 Å². The number of benzene rings is 7. The monoisotopic (exact) mass is 655 g/mol. The van der Waals surface area contributed by atoms with Crippen molar-refractivity contribution >= 4 is 54.6 Å². The molecule has 240 valence electrons. The molecule has 1 aliphatic carbocycles. The summed E-state index contributed by atoms with van der Waals surface area (Å²) in [6.45, 7) is 4.59. The topological polar surface area (TPSA) is 65.0 Å². The number of rotatable bonds is 3. The van der Waals surface area contributed by atoms with E-state index < -0.39 is 0 Å². The van der Waals surface area contributed by atoms with E-state index in [1.165, 1.54) is 33.0 Å². The van der Waals surface area contributed by atoms with Crippen molar-refractivity contribution in [2.24, 2.45) is 0 Å². The highest BCUT2D eigenvalue weighted by molar-refractivity contribution is 6.19. The third-order valence-corrected chi connectivity index (χ3v) is 10.7. The van der Waals surface area contributed by atoms with Gasteiger partial charge in [-0.05, 0) is 69.4 Å². The first-order valence-corrected chi connectivity index (χ1v) is 17.3. The van der Waals surface area contributed by atoms with Gasteiger partial charge in [0.1, 0.15) is 22.3 Å². The Morgan fingerprint density at radius 2 is 1.04 bits per heavy atom. The Kier molecular flexibility index (Phi) is 5.66. The van der Waals surface area contributed by atoms with E-state index in [9.17, 15) is 0 Å². The minimum Gasteiger partial charge on any atom is -0.456 e. The van der Waals surface area contributed by atoms with Crippen LogP contribution in [0.4, 0.5) is 0 Å². The fourth-order valence-corrected chi connectivity index (χ4v) is 8.26. The predicted octanol–water partition coefficient (Wildman–Crippen LogP) is 12.1. The van der Waals surface area contributed by atoms with Crippen molar-refractivity contribution in [1.29, 1.82) is 0 Å². The molecule has 0 saturated heterocycles. The second-order valence-electron chi connectivity index (χ2n) is 14.0. The van der Waals surface area contributed by atoms with E-state index in [2.05, 4.69) is 123 Å². The molecular weight excluding hydrogens is 627 g/mol. The van der Waals surface area contributed by atoms with Gasteiger partial charge in [-0.25, -0.2) is 15.0 Å². The molecule has 0 fully saturated rings. The van der Waals surface area contributed by atoms with Gasteiger partial charge in [-0.15, -0.1) is 0 Å². The first kappa shape index (κ1) is 28.3. The number of furan rings is 2. The standard InChI is InChI=1S/C46H29N3O2/c1-46(2)35-15-7-5-12-30(35)34-24-27(19-22-36(34)46)43-47-44(49-45(48-43)33-14-9-17-38-42(33)31-13-6-8-16-37(31)50-38)28-18-21-32-40(25-28)51-39-23-20-26-10-3-4-11-29(26)41(32)39/h3-25H,1-2H3. The number of hydrogen-bond acceptors (Lipinski definition) is 5. The summed E-state index contributed by atoms with van der Waals surface area (Å²) >= 11 is 0. The average molecular weight is 656 g/mol. The van der Waals surface area contributed by atoms with Crippen LogP contribution in [0.1, 0.15) is 25.0 Å². The van der Waals surface area contributed by atoms with E-state index in [1.807, 2.05) is 30.3 Å². The van der Waals surface area contributed by atoms with E-state index in [0.717, 1.165) is 60.6 Å². The van der Waals surface area contributed by atoms with Crippen LogP contribution in [0.3, 0.4) is 0 Å². The summed E-state index contributed by atoms with van der Waals surface area (Å²) < 4.78 is 12.7. The molecule has 0 atom stereocenters. The highest BCUT2D eigenvalue weighted by Gasteiger charge is 2.35. The van der Waals surface area contributed by atoms with Crippen LogP contribution in [-0.4, -0.2) is 15.0 Å². The van der Waals surface area contributed by atoms with Crippen molar-refractivity contribution in [3.63, 3.8) is 0 Å². The van der Waals surface area contributed by atoms with Gasteiger partial charge in [-0.2, -0.15) is 0 Å². The van der Waals surface area contributed by atoms with Crippen LogP contribution >= 0.6 is 0 Å². The van der Waals surface area contributed by atoms with Crippen LogP contribution < -0.4 is 0 Å². The zero-order valence-corrected chi connectivity index (χ0v) is 27.9. The smallest absolute Gasteiger partial charge is 0.164 e.